The van der Waals surface area contributed by atoms with E-state index in [0.717, 1.165) is 42.6 Å². The average molecular weight is 371 g/mol. The van der Waals surface area contributed by atoms with Crippen LogP contribution in [0, 0.1) is 4.77 Å². The maximum atomic E-state index is 6.01. The summed E-state index contributed by atoms with van der Waals surface area (Å²) in [7, 11) is 0. The number of rotatable bonds is 4. The quantitative estimate of drug-likeness (QED) is 0.683. The molecule has 0 amide bonds. The van der Waals surface area contributed by atoms with Crippen LogP contribution >= 0.6 is 23.8 Å². The first kappa shape index (κ1) is 16.5. The zero-order chi connectivity index (χ0) is 17.2. The SMILES string of the molecule is S=c1[nH]nc(C2CCN(Cc3ccccc3)C2)n1-c1ccc(Cl)cc1. The molecular weight excluding hydrogens is 352 g/mol. The molecule has 1 N–H and O–H groups in total. The van der Waals surface area contributed by atoms with Crippen molar-refractivity contribution < 1.29 is 0 Å². The predicted molar refractivity (Wildman–Crippen MR) is 103 cm³/mol. The maximum Gasteiger partial charge on any atom is 0.199 e. The zero-order valence-electron chi connectivity index (χ0n) is 13.7. The lowest BCUT2D eigenvalue weighted by molar-refractivity contribution is 0.325. The molecule has 1 unspecified atom stereocenters. The summed E-state index contributed by atoms with van der Waals surface area (Å²) >= 11 is 11.5. The second kappa shape index (κ2) is 7.12. The zero-order valence-corrected chi connectivity index (χ0v) is 15.3. The molecule has 0 saturated carbocycles. The second-order valence-electron chi connectivity index (χ2n) is 6.41. The van der Waals surface area contributed by atoms with Gasteiger partial charge in [-0.15, -0.1) is 0 Å². The smallest absolute Gasteiger partial charge is 0.199 e. The summed E-state index contributed by atoms with van der Waals surface area (Å²) in [6.45, 7) is 3.03. The molecule has 1 fully saturated rings. The lowest BCUT2D eigenvalue weighted by atomic mass is 10.1. The number of nitrogens with zero attached hydrogens (tertiary/aromatic N) is 3. The number of hydrogen-bond donors (Lipinski definition) is 1. The van der Waals surface area contributed by atoms with Crippen LogP contribution < -0.4 is 0 Å². The summed E-state index contributed by atoms with van der Waals surface area (Å²) in [4.78, 5) is 2.48. The Kier molecular flexibility index (Phi) is 4.70. The first-order valence-electron chi connectivity index (χ1n) is 8.40. The van der Waals surface area contributed by atoms with E-state index in [2.05, 4.69) is 45.4 Å². The lowest BCUT2D eigenvalue weighted by Crippen LogP contribution is -2.20. The number of aromatic amines is 1. The monoisotopic (exact) mass is 370 g/mol. The maximum absolute atomic E-state index is 6.01. The van der Waals surface area contributed by atoms with Crippen molar-refractivity contribution in [2.45, 2.75) is 18.9 Å². The number of likely N-dealkylation sites (tertiary alicyclic amines) is 1. The summed E-state index contributed by atoms with van der Waals surface area (Å²) in [5.41, 5.74) is 2.35. The number of nitrogens with one attached hydrogen (secondary N) is 1. The van der Waals surface area contributed by atoms with Crippen LogP contribution in [0.25, 0.3) is 5.69 Å². The van der Waals surface area contributed by atoms with Crippen LogP contribution in [0.1, 0.15) is 23.7 Å². The summed E-state index contributed by atoms with van der Waals surface area (Å²) in [6.07, 6.45) is 1.08. The van der Waals surface area contributed by atoms with Crippen LogP contribution in [0.15, 0.2) is 54.6 Å². The van der Waals surface area contributed by atoms with Crippen molar-refractivity contribution in [3.05, 3.63) is 75.8 Å². The highest BCUT2D eigenvalue weighted by Crippen LogP contribution is 2.29. The molecule has 0 bridgehead atoms. The highest BCUT2D eigenvalue weighted by Gasteiger charge is 2.28. The third kappa shape index (κ3) is 3.54. The average Bonchev–Trinajstić information content (AvgIpc) is 3.23. The minimum Gasteiger partial charge on any atom is -0.298 e. The van der Waals surface area contributed by atoms with E-state index in [1.807, 2.05) is 28.8 Å². The number of H-pyrrole nitrogens is 1. The molecule has 3 aromatic rings. The molecule has 1 saturated heterocycles. The molecule has 4 rings (SSSR count). The molecule has 128 valence electrons. The van der Waals surface area contributed by atoms with E-state index in [4.69, 9.17) is 23.8 Å². The lowest BCUT2D eigenvalue weighted by Gasteiger charge is -2.16. The summed E-state index contributed by atoms with van der Waals surface area (Å²) < 4.78 is 2.65. The van der Waals surface area contributed by atoms with Crippen molar-refractivity contribution in [3.63, 3.8) is 0 Å². The molecule has 25 heavy (non-hydrogen) atoms. The van der Waals surface area contributed by atoms with Gasteiger partial charge in [0, 0.05) is 29.7 Å². The van der Waals surface area contributed by atoms with E-state index in [1.54, 1.807) is 0 Å². The summed E-state index contributed by atoms with van der Waals surface area (Å²) in [5.74, 6) is 1.37. The summed E-state index contributed by atoms with van der Waals surface area (Å²) in [6, 6.07) is 18.3. The molecule has 1 aliphatic heterocycles. The first-order valence-corrected chi connectivity index (χ1v) is 9.19. The van der Waals surface area contributed by atoms with Crippen LogP contribution in [0.3, 0.4) is 0 Å². The Morgan fingerprint density at radius 2 is 1.88 bits per heavy atom. The fraction of sp³-hybridized carbons (Fsp3) is 0.263. The van der Waals surface area contributed by atoms with Crippen LogP contribution in [-0.2, 0) is 6.54 Å². The van der Waals surface area contributed by atoms with Crippen molar-refractivity contribution in [1.29, 1.82) is 0 Å². The van der Waals surface area contributed by atoms with E-state index in [1.165, 1.54) is 5.56 Å². The van der Waals surface area contributed by atoms with Crippen LogP contribution in [-0.4, -0.2) is 32.8 Å². The van der Waals surface area contributed by atoms with E-state index in [-0.39, 0.29) is 0 Å². The van der Waals surface area contributed by atoms with Gasteiger partial charge in [0.15, 0.2) is 4.77 Å². The predicted octanol–water partition coefficient (Wildman–Crippen LogP) is 4.57. The van der Waals surface area contributed by atoms with Crippen molar-refractivity contribution in [2.24, 2.45) is 0 Å². The highest BCUT2D eigenvalue weighted by molar-refractivity contribution is 7.71. The van der Waals surface area contributed by atoms with Gasteiger partial charge in [0.25, 0.3) is 0 Å². The van der Waals surface area contributed by atoms with E-state index in [9.17, 15) is 0 Å². The van der Waals surface area contributed by atoms with Gasteiger partial charge in [-0.25, -0.2) is 0 Å². The van der Waals surface area contributed by atoms with Crippen LogP contribution in [0.5, 0.6) is 0 Å². The van der Waals surface area contributed by atoms with Gasteiger partial charge in [0.1, 0.15) is 5.82 Å². The Morgan fingerprint density at radius 3 is 2.64 bits per heavy atom. The van der Waals surface area contributed by atoms with E-state index in [0.29, 0.717) is 10.7 Å². The number of aromatic nitrogens is 3. The summed E-state index contributed by atoms with van der Waals surface area (Å²) in [5, 5.41) is 8.20. The van der Waals surface area contributed by atoms with Crippen molar-refractivity contribution >= 4 is 23.8 Å². The standard InChI is InChI=1S/C19H19ClN4S/c20-16-6-8-17(9-7-16)24-18(21-22-19(24)25)15-10-11-23(13-15)12-14-4-2-1-3-5-14/h1-9,15H,10-13H2,(H,22,25). The van der Waals surface area contributed by atoms with E-state index >= 15 is 0 Å². The van der Waals surface area contributed by atoms with Gasteiger partial charge in [0.05, 0.1) is 0 Å². The Hall–Kier alpha value is -1.95. The van der Waals surface area contributed by atoms with Gasteiger partial charge >= 0.3 is 0 Å². The minimum absolute atomic E-state index is 0.368. The Bertz CT molecular complexity index is 901. The second-order valence-corrected chi connectivity index (χ2v) is 7.23. The normalized spacial score (nSPS) is 17.9. The number of hydrogen-bond acceptors (Lipinski definition) is 3. The number of benzene rings is 2. The van der Waals surface area contributed by atoms with Gasteiger partial charge in [-0.05, 0) is 55.0 Å². The van der Waals surface area contributed by atoms with Crippen LogP contribution in [0.2, 0.25) is 5.02 Å². The first-order chi connectivity index (χ1) is 12.2. The molecule has 2 heterocycles. The Balaban J connectivity index is 1.55. The highest BCUT2D eigenvalue weighted by atomic mass is 35.5. The molecule has 0 aliphatic carbocycles. The molecule has 6 heteroatoms. The van der Waals surface area contributed by atoms with Gasteiger partial charge in [-0.2, -0.15) is 5.10 Å². The molecular formula is C19H19ClN4S. The van der Waals surface area contributed by atoms with Crippen molar-refractivity contribution in [1.82, 2.24) is 19.7 Å². The molecule has 0 spiro atoms. The topological polar surface area (TPSA) is 36.9 Å². The minimum atomic E-state index is 0.368. The van der Waals surface area contributed by atoms with Crippen molar-refractivity contribution in [2.75, 3.05) is 13.1 Å². The molecule has 1 aliphatic rings. The third-order valence-corrected chi connectivity index (χ3v) is 5.20. The van der Waals surface area contributed by atoms with Gasteiger partial charge in [0.2, 0.25) is 0 Å². The molecule has 1 aromatic heterocycles. The van der Waals surface area contributed by atoms with Crippen molar-refractivity contribution in [3.8, 4) is 5.69 Å². The van der Waals surface area contributed by atoms with Gasteiger partial charge in [-0.1, -0.05) is 41.9 Å². The third-order valence-electron chi connectivity index (χ3n) is 4.67. The number of halogens is 1. The Morgan fingerprint density at radius 1 is 1.12 bits per heavy atom. The molecule has 1 atom stereocenters. The van der Waals surface area contributed by atoms with Gasteiger partial charge in [-0.3, -0.25) is 14.6 Å². The fourth-order valence-corrected chi connectivity index (χ4v) is 3.82. The molecule has 2 aromatic carbocycles. The van der Waals surface area contributed by atoms with Gasteiger partial charge < -0.3 is 0 Å². The fourth-order valence-electron chi connectivity index (χ4n) is 3.45. The van der Waals surface area contributed by atoms with Crippen LogP contribution in [0.4, 0.5) is 0 Å². The molecule has 4 nitrogen and oxygen atoms in total. The molecule has 0 radical (unpaired) electrons. The Labute approximate surface area is 157 Å². The van der Waals surface area contributed by atoms with E-state index < -0.39 is 0 Å². The largest absolute Gasteiger partial charge is 0.298 e.